The van der Waals surface area contributed by atoms with Crippen LogP contribution in [0.25, 0.3) is 22.3 Å². The van der Waals surface area contributed by atoms with Crippen molar-refractivity contribution in [2.45, 2.75) is 50.9 Å². The number of carbonyl (C=O) groups is 2. The summed E-state index contributed by atoms with van der Waals surface area (Å²) in [5, 5.41) is 0.895. The fraction of sp³-hybridized carbons (Fsp3) is 0.360. The Morgan fingerprint density at radius 1 is 1.33 bits per heavy atom. The van der Waals surface area contributed by atoms with E-state index in [1.54, 1.807) is 17.6 Å². The van der Waals surface area contributed by atoms with E-state index in [9.17, 15) is 23.2 Å². The first kappa shape index (κ1) is 24.5. The molecular weight excluding hydrogens is 540 g/mol. The zero-order chi connectivity index (χ0) is 25.8. The summed E-state index contributed by atoms with van der Waals surface area (Å²) in [5.41, 5.74) is 5.70. The highest BCUT2D eigenvalue weighted by atomic mass is 79.9. The number of hydrogen-bond acceptors (Lipinski definition) is 7. The van der Waals surface area contributed by atoms with Gasteiger partial charge in [0.15, 0.2) is 0 Å². The zero-order valence-electron chi connectivity index (χ0n) is 19.3. The second-order valence-corrected chi connectivity index (χ2v) is 9.76. The van der Waals surface area contributed by atoms with Crippen LogP contribution in [-0.2, 0) is 37.8 Å². The van der Waals surface area contributed by atoms with Crippen molar-refractivity contribution in [1.29, 1.82) is 0 Å². The summed E-state index contributed by atoms with van der Waals surface area (Å²) in [5.74, 6) is -5.10. The van der Waals surface area contributed by atoms with Gasteiger partial charge < -0.3 is 19.8 Å². The predicted octanol–water partition coefficient (Wildman–Crippen LogP) is 3.77. The topological polar surface area (TPSA) is 114 Å². The van der Waals surface area contributed by atoms with E-state index in [-0.39, 0.29) is 36.3 Å². The van der Waals surface area contributed by atoms with Crippen molar-refractivity contribution in [1.82, 2.24) is 9.55 Å². The minimum Gasteiger partial charge on any atom is -0.457 e. The van der Waals surface area contributed by atoms with Crippen molar-refractivity contribution in [2.75, 3.05) is 6.54 Å². The van der Waals surface area contributed by atoms with Crippen LogP contribution >= 0.6 is 15.9 Å². The van der Waals surface area contributed by atoms with Crippen molar-refractivity contribution < 1.29 is 27.8 Å². The number of pyridine rings is 2. The minimum absolute atomic E-state index is 0.0499. The van der Waals surface area contributed by atoms with Crippen LogP contribution in [0.4, 0.5) is 8.78 Å². The SMILES string of the molecule is CCC1(OC(=O)CCC(F)(F)CN)C(=O)OCc2c1cc1n(c2=O)Cc2cc3c(Br)cccc3nc2-1. The number of cyclic esters (lactones) is 1. The van der Waals surface area contributed by atoms with Crippen LogP contribution in [0.15, 0.2) is 39.6 Å². The number of aromatic nitrogens is 2. The number of benzene rings is 1. The molecule has 2 aliphatic heterocycles. The van der Waals surface area contributed by atoms with E-state index in [4.69, 9.17) is 20.2 Å². The second kappa shape index (κ2) is 8.74. The molecule has 0 radical (unpaired) electrons. The molecule has 0 spiro atoms. The molecule has 0 saturated carbocycles. The van der Waals surface area contributed by atoms with Gasteiger partial charge in [-0.05, 0) is 30.7 Å². The molecule has 188 valence electrons. The average Bonchev–Trinajstić information content (AvgIpc) is 3.22. The molecule has 0 fully saturated rings. The molecule has 0 bridgehead atoms. The van der Waals surface area contributed by atoms with Crippen LogP contribution in [0.2, 0.25) is 0 Å². The Kier molecular flexibility index (Phi) is 5.95. The van der Waals surface area contributed by atoms with Gasteiger partial charge in [0.1, 0.15) is 6.61 Å². The van der Waals surface area contributed by atoms with Crippen LogP contribution in [0.1, 0.15) is 42.9 Å². The molecule has 2 aliphatic rings. The molecule has 2 N–H and O–H groups in total. The molecule has 3 aromatic rings. The van der Waals surface area contributed by atoms with Crippen molar-refractivity contribution in [3.05, 3.63) is 61.8 Å². The molecule has 11 heteroatoms. The highest BCUT2D eigenvalue weighted by Gasteiger charge is 2.50. The Morgan fingerprint density at radius 2 is 2.11 bits per heavy atom. The summed E-state index contributed by atoms with van der Waals surface area (Å²) in [7, 11) is 0. The molecule has 36 heavy (non-hydrogen) atoms. The molecule has 5 rings (SSSR count). The maximum Gasteiger partial charge on any atom is 0.355 e. The highest BCUT2D eigenvalue weighted by molar-refractivity contribution is 9.10. The predicted molar refractivity (Wildman–Crippen MR) is 129 cm³/mol. The third-order valence-electron chi connectivity index (χ3n) is 6.75. The summed E-state index contributed by atoms with van der Waals surface area (Å²) in [6.45, 7) is 0.683. The van der Waals surface area contributed by atoms with Crippen LogP contribution in [-0.4, -0.2) is 34.0 Å². The number of carbonyl (C=O) groups excluding carboxylic acids is 2. The first-order valence-electron chi connectivity index (χ1n) is 11.4. The number of hydrogen-bond donors (Lipinski definition) is 1. The van der Waals surface area contributed by atoms with Crippen molar-refractivity contribution in [2.24, 2.45) is 5.73 Å². The maximum absolute atomic E-state index is 13.6. The monoisotopic (exact) mass is 561 g/mol. The highest BCUT2D eigenvalue weighted by Crippen LogP contribution is 2.41. The van der Waals surface area contributed by atoms with Crippen LogP contribution in [0.5, 0.6) is 0 Å². The lowest BCUT2D eigenvalue weighted by molar-refractivity contribution is -0.190. The van der Waals surface area contributed by atoms with Gasteiger partial charge in [-0.1, -0.05) is 28.9 Å². The van der Waals surface area contributed by atoms with Crippen LogP contribution in [0.3, 0.4) is 0 Å². The molecule has 8 nitrogen and oxygen atoms in total. The molecule has 1 atom stereocenters. The van der Waals surface area contributed by atoms with E-state index in [2.05, 4.69) is 15.9 Å². The van der Waals surface area contributed by atoms with Gasteiger partial charge in [0, 0.05) is 27.4 Å². The number of nitrogens with zero attached hydrogens (tertiary/aromatic N) is 2. The molecule has 0 saturated heterocycles. The minimum atomic E-state index is -3.24. The van der Waals surface area contributed by atoms with Gasteiger partial charge in [-0.3, -0.25) is 9.59 Å². The van der Waals surface area contributed by atoms with E-state index in [0.29, 0.717) is 11.4 Å². The van der Waals surface area contributed by atoms with Gasteiger partial charge in [0.05, 0.1) is 42.0 Å². The van der Waals surface area contributed by atoms with Gasteiger partial charge in [0.2, 0.25) is 5.60 Å². The fourth-order valence-electron chi connectivity index (χ4n) is 4.76. The Bertz CT molecular complexity index is 1490. The lowest BCUT2D eigenvalue weighted by Crippen LogP contribution is -2.47. The molecule has 2 aromatic heterocycles. The van der Waals surface area contributed by atoms with Gasteiger partial charge in [-0.2, -0.15) is 0 Å². The number of esters is 2. The van der Waals surface area contributed by atoms with Crippen LogP contribution in [0, 0.1) is 0 Å². The molecule has 0 aliphatic carbocycles. The van der Waals surface area contributed by atoms with Gasteiger partial charge in [-0.15, -0.1) is 0 Å². The lowest BCUT2D eigenvalue weighted by atomic mass is 9.85. The van der Waals surface area contributed by atoms with Gasteiger partial charge in [0.25, 0.3) is 11.5 Å². The van der Waals surface area contributed by atoms with Crippen LogP contribution < -0.4 is 11.3 Å². The lowest BCUT2D eigenvalue weighted by Gasteiger charge is -2.35. The van der Waals surface area contributed by atoms with E-state index < -0.39 is 42.8 Å². The molecule has 1 aromatic carbocycles. The third-order valence-corrected chi connectivity index (χ3v) is 7.44. The first-order valence-corrected chi connectivity index (χ1v) is 12.2. The number of halogens is 3. The summed E-state index contributed by atoms with van der Waals surface area (Å²) < 4.78 is 40.4. The number of alkyl halides is 2. The standard InChI is InChI=1S/C25H22BrF2N3O5/c1-2-25(36-20(32)6-7-24(27,28)12-29)16-9-19-21-13(8-14-17(26)4-3-5-18(14)30-21)10-31(19)22(33)15(16)11-35-23(25)34/h3-5,8-9H,2,6-7,10-12,29H2,1H3. The quantitative estimate of drug-likeness (QED) is 0.356. The van der Waals surface area contributed by atoms with E-state index >= 15 is 0 Å². The number of fused-ring (bicyclic) bond motifs is 5. The molecule has 1 unspecified atom stereocenters. The number of ether oxygens (including phenoxy) is 2. The van der Waals surface area contributed by atoms with E-state index in [1.807, 2.05) is 24.3 Å². The molecule has 0 amide bonds. The Balaban J connectivity index is 1.61. The van der Waals surface area contributed by atoms with Crippen molar-refractivity contribution in [3.8, 4) is 11.4 Å². The zero-order valence-corrected chi connectivity index (χ0v) is 20.9. The summed E-state index contributed by atoms with van der Waals surface area (Å²) in [4.78, 5) is 43.8. The first-order chi connectivity index (χ1) is 17.1. The number of nitrogens with two attached hydrogens (primary N) is 1. The maximum atomic E-state index is 13.6. The van der Waals surface area contributed by atoms with Crippen molar-refractivity contribution >= 4 is 38.8 Å². The average molecular weight is 562 g/mol. The summed E-state index contributed by atoms with van der Waals surface area (Å²) in [6, 6.07) is 9.20. The fourth-order valence-corrected chi connectivity index (χ4v) is 5.23. The van der Waals surface area contributed by atoms with Gasteiger partial charge >= 0.3 is 11.9 Å². The third kappa shape index (κ3) is 3.81. The Hall–Kier alpha value is -3.18. The smallest absolute Gasteiger partial charge is 0.355 e. The second-order valence-electron chi connectivity index (χ2n) is 8.91. The molecule has 4 heterocycles. The van der Waals surface area contributed by atoms with E-state index in [1.165, 1.54) is 0 Å². The Labute approximate surface area is 212 Å². The normalized spacial score (nSPS) is 18.4. The summed E-state index contributed by atoms with van der Waals surface area (Å²) in [6.07, 6.45) is -1.52. The molecular formula is C25H22BrF2N3O5. The Morgan fingerprint density at radius 3 is 2.83 bits per heavy atom. The summed E-state index contributed by atoms with van der Waals surface area (Å²) >= 11 is 3.53. The van der Waals surface area contributed by atoms with E-state index in [0.717, 1.165) is 20.9 Å². The largest absolute Gasteiger partial charge is 0.457 e. The number of rotatable bonds is 6. The van der Waals surface area contributed by atoms with Gasteiger partial charge in [-0.25, -0.2) is 18.6 Å². The van der Waals surface area contributed by atoms with Crippen molar-refractivity contribution in [3.63, 3.8) is 0 Å².